The molecule has 1 aromatic carbocycles. The Labute approximate surface area is 129 Å². The standard InChI is InChI=1S/C13H17F3N2.2ClH/c1-9-2-3-10(13(16)12(9)15)11(8-14)18-6-4-17-5-7-18;;/h2-3,11,17H,4-8H2,1H3;2*1H/t11-;;/m0../s1. The molecule has 2 nitrogen and oxygen atoms in total. The zero-order valence-electron chi connectivity index (χ0n) is 11.2. The summed E-state index contributed by atoms with van der Waals surface area (Å²) in [5.41, 5.74) is 0.358. The number of hydrogen-bond donors (Lipinski definition) is 1. The van der Waals surface area contributed by atoms with E-state index in [1.807, 2.05) is 4.90 Å². The van der Waals surface area contributed by atoms with E-state index in [2.05, 4.69) is 5.32 Å². The molecule has 1 saturated heterocycles. The van der Waals surface area contributed by atoms with Crippen molar-refractivity contribution >= 4 is 24.8 Å². The van der Waals surface area contributed by atoms with Crippen LogP contribution in [0.3, 0.4) is 0 Å². The third kappa shape index (κ3) is 4.01. The molecule has 0 spiro atoms. The van der Waals surface area contributed by atoms with Crippen molar-refractivity contribution in [1.29, 1.82) is 0 Å². The molecule has 0 aliphatic carbocycles. The summed E-state index contributed by atoms with van der Waals surface area (Å²) in [6.07, 6.45) is 0. The van der Waals surface area contributed by atoms with Crippen LogP contribution in [0.15, 0.2) is 12.1 Å². The second kappa shape index (κ2) is 8.72. The predicted octanol–water partition coefficient (Wildman–Crippen LogP) is 3.03. The first kappa shape index (κ1) is 19.5. The molecule has 2 rings (SSSR count). The molecule has 1 aliphatic rings. The van der Waals surface area contributed by atoms with Crippen LogP contribution in [-0.2, 0) is 0 Å². The van der Waals surface area contributed by atoms with Crippen molar-refractivity contribution in [2.45, 2.75) is 13.0 Å². The van der Waals surface area contributed by atoms with Gasteiger partial charge in [0.05, 0.1) is 6.04 Å². The average molecular weight is 331 g/mol. The van der Waals surface area contributed by atoms with Gasteiger partial charge in [-0.2, -0.15) is 0 Å². The fourth-order valence-corrected chi connectivity index (χ4v) is 2.29. The molecule has 1 fully saturated rings. The lowest BCUT2D eigenvalue weighted by molar-refractivity contribution is 0.144. The molecule has 0 amide bonds. The zero-order chi connectivity index (χ0) is 13.1. The van der Waals surface area contributed by atoms with Gasteiger partial charge in [0.2, 0.25) is 0 Å². The maximum Gasteiger partial charge on any atom is 0.163 e. The van der Waals surface area contributed by atoms with Crippen LogP contribution >= 0.6 is 24.8 Å². The van der Waals surface area contributed by atoms with Gasteiger partial charge in [0.15, 0.2) is 11.6 Å². The topological polar surface area (TPSA) is 15.3 Å². The minimum atomic E-state index is -0.920. The highest BCUT2D eigenvalue weighted by Gasteiger charge is 2.26. The third-order valence-corrected chi connectivity index (χ3v) is 3.40. The van der Waals surface area contributed by atoms with Gasteiger partial charge in [0, 0.05) is 31.7 Å². The lowest BCUT2D eigenvalue weighted by Gasteiger charge is -2.33. The molecular weight excluding hydrogens is 312 g/mol. The summed E-state index contributed by atoms with van der Waals surface area (Å²) in [5.74, 6) is -1.79. The van der Waals surface area contributed by atoms with Crippen LogP contribution in [0.2, 0.25) is 0 Å². The summed E-state index contributed by atoms with van der Waals surface area (Å²) < 4.78 is 40.6. The molecule has 116 valence electrons. The largest absolute Gasteiger partial charge is 0.314 e. The Morgan fingerprint density at radius 3 is 2.30 bits per heavy atom. The summed E-state index contributed by atoms with van der Waals surface area (Å²) >= 11 is 0. The van der Waals surface area contributed by atoms with Gasteiger partial charge in [-0.05, 0) is 12.5 Å². The van der Waals surface area contributed by atoms with Crippen molar-refractivity contribution in [3.8, 4) is 0 Å². The first-order valence-electron chi connectivity index (χ1n) is 6.10. The van der Waals surface area contributed by atoms with Crippen molar-refractivity contribution in [1.82, 2.24) is 10.2 Å². The van der Waals surface area contributed by atoms with Crippen LogP contribution in [0.5, 0.6) is 0 Å². The SMILES string of the molecule is Cc1ccc([C@H](CF)N2CCNCC2)c(F)c1F.Cl.Cl. The highest BCUT2D eigenvalue weighted by Crippen LogP contribution is 2.27. The van der Waals surface area contributed by atoms with Crippen molar-refractivity contribution in [3.63, 3.8) is 0 Å². The maximum atomic E-state index is 13.9. The third-order valence-electron chi connectivity index (χ3n) is 3.40. The van der Waals surface area contributed by atoms with E-state index in [0.717, 1.165) is 13.1 Å². The zero-order valence-corrected chi connectivity index (χ0v) is 12.8. The lowest BCUT2D eigenvalue weighted by atomic mass is 10.0. The summed E-state index contributed by atoms with van der Waals surface area (Å²) in [4.78, 5) is 1.85. The molecule has 0 radical (unpaired) electrons. The van der Waals surface area contributed by atoms with Gasteiger partial charge in [-0.1, -0.05) is 12.1 Å². The first-order valence-corrected chi connectivity index (χ1v) is 6.10. The summed E-state index contributed by atoms with van der Waals surface area (Å²) in [7, 11) is 0. The minimum absolute atomic E-state index is 0. The number of alkyl halides is 1. The van der Waals surface area contributed by atoms with Crippen molar-refractivity contribution in [2.75, 3.05) is 32.9 Å². The molecule has 0 aromatic heterocycles. The number of nitrogens with zero attached hydrogens (tertiary/aromatic N) is 1. The summed E-state index contributed by atoms with van der Waals surface area (Å²) in [6, 6.07) is 2.29. The van der Waals surface area contributed by atoms with Crippen molar-refractivity contribution in [3.05, 3.63) is 34.9 Å². The maximum absolute atomic E-state index is 13.9. The van der Waals surface area contributed by atoms with E-state index >= 15 is 0 Å². The highest BCUT2D eigenvalue weighted by molar-refractivity contribution is 5.85. The molecule has 0 bridgehead atoms. The molecular formula is C13H19Cl2F3N2. The summed E-state index contributed by atoms with van der Waals surface area (Å²) in [5, 5.41) is 3.15. The summed E-state index contributed by atoms with van der Waals surface area (Å²) in [6.45, 7) is 3.56. The smallest absolute Gasteiger partial charge is 0.163 e. The number of nitrogens with one attached hydrogen (secondary N) is 1. The van der Waals surface area contributed by atoms with Gasteiger partial charge in [0.25, 0.3) is 0 Å². The molecule has 20 heavy (non-hydrogen) atoms. The number of hydrogen-bond acceptors (Lipinski definition) is 2. The number of rotatable bonds is 3. The van der Waals surface area contributed by atoms with Crippen molar-refractivity contribution in [2.24, 2.45) is 0 Å². The number of piperazine rings is 1. The Morgan fingerprint density at radius 1 is 1.15 bits per heavy atom. The van der Waals surface area contributed by atoms with Crippen LogP contribution in [0.1, 0.15) is 17.2 Å². The lowest BCUT2D eigenvalue weighted by Crippen LogP contribution is -2.45. The van der Waals surface area contributed by atoms with Crippen molar-refractivity contribution < 1.29 is 13.2 Å². The monoisotopic (exact) mass is 330 g/mol. The van der Waals surface area contributed by atoms with Gasteiger partial charge in [-0.3, -0.25) is 4.90 Å². The Kier molecular flexibility index (Phi) is 8.51. The predicted molar refractivity (Wildman–Crippen MR) is 78.7 cm³/mol. The Morgan fingerprint density at radius 2 is 1.75 bits per heavy atom. The number of aryl methyl sites for hydroxylation is 1. The van der Waals surface area contributed by atoms with Gasteiger partial charge >= 0.3 is 0 Å². The highest BCUT2D eigenvalue weighted by atomic mass is 35.5. The molecule has 1 atom stereocenters. The molecule has 0 saturated carbocycles. The molecule has 1 heterocycles. The van der Waals surface area contributed by atoms with E-state index in [0.29, 0.717) is 13.1 Å². The molecule has 1 N–H and O–H groups in total. The fraction of sp³-hybridized carbons (Fsp3) is 0.538. The molecule has 7 heteroatoms. The van der Waals surface area contributed by atoms with Crippen LogP contribution in [0, 0.1) is 18.6 Å². The normalized spacial score (nSPS) is 17.0. The van der Waals surface area contributed by atoms with Gasteiger partial charge < -0.3 is 5.32 Å². The Bertz CT molecular complexity index is 426. The van der Waals surface area contributed by atoms with Crippen LogP contribution in [0.25, 0.3) is 0 Å². The first-order chi connectivity index (χ1) is 8.65. The van der Waals surface area contributed by atoms with E-state index < -0.39 is 24.4 Å². The van der Waals surface area contributed by atoms with E-state index in [-0.39, 0.29) is 35.9 Å². The number of halogens is 5. The Balaban J connectivity index is 0.00000180. The van der Waals surface area contributed by atoms with E-state index in [9.17, 15) is 13.2 Å². The quantitative estimate of drug-likeness (QED) is 0.916. The van der Waals surface area contributed by atoms with Gasteiger partial charge in [-0.25, -0.2) is 13.2 Å². The van der Waals surface area contributed by atoms with Crippen LogP contribution in [0.4, 0.5) is 13.2 Å². The minimum Gasteiger partial charge on any atom is -0.314 e. The van der Waals surface area contributed by atoms with Crippen LogP contribution < -0.4 is 5.32 Å². The van der Waals surface area contributed by atoms with Gasteiger partial charge in [0.1, 0.15) is 6.67 Å². The Hall–Kier alpha value is -0.490. The van der Waals surface area contributed by atoms with E-state index in [1.54, 1.807) is 0 Å². The second-order valence-corrected chi connectivity index (χ2v) is 4.56. The van der Waals surface area contributed by atoms with E-state index in [4.69, 9.17) is 0 Å². The fourth-order valence-electron chi connectivity index (χ4n) is 2.29. The molecule has 0 unspecified atom stereocenters. The number of benzene rings is 1. The van der Waals surface area contributed by atoms with E-state index in [1.165, 1.54) is 19.1 Å². The second-order valence-electron chi connectivity index (χ2n) is 4.56. The molecule has 1 aromatic rings. The molecule has 1 aliphatic heterocycles. The average Bonchev–Trinajstić information content (AvgIpc) is 2.41. The van der Waals surface area contributed by atoms with Gasteiger partial charge in [-0.15, -0.1) is 24.8 Å². The van der Waals surface area contributed by atoms with Crippen LogP contribution in [-0.4, -0.2) is 37.8 Å².